The molecule has 0 aliphatic carbocycles. The summed E-state index contributed by atoms with van der Waals surface area (Å²) in [7, 11) is -3.50. The van der Waals surface area contributed by atoms with Gasteiger partial charge in [0.05, 0.1) is 18.1 Å². The van der Waals surface area contributed by atoms with E-state index < -0.39 is 10.0 Å². The van der Waals surface area contributed by atoms with Crippen molar-refractivity contribution in [3.05, 3.63) is 18.2 Å². The number of aliphatic hydroxyl groups is 1. The number of ether oxygens (including phenoxy) is 2. The third-order valence-electron chi connectivity index (χ3n) is 3.54. The molecule has 0 radical (unpaired) electrons. The second kappa shape index (κ2) is 5.23. The smallest absolute Gasteiger partial charge is 0.243 e. The van der Waals surface area contributed by atoms with E-state index in [9.17, 15) is 8.42 Å². The molecule has 7 heteroatoms. The van der Waals surface area contributed by atoms with Gasteiger partial charge in [-0.1, -0.05) is 0 Å². The molecule has 2 aliphatic rings. The third-order valence-corrected chi connectivity index (χ3v) is 5.37. The summed E-state index contributed by atoms with van der Waals surface area (Å²) in [6.07, 6.45) is 0.779. The number of aliphatic hydroxyl groups excluding tert-OH is 1. The van der Waals surface area contributed by atoms with Crippen molar-refractivity contribution in [1.29, 1.82) is 0 Å². The summed E-state index contributed by atoms with van der Waals surface area (Å²) in [5.41, 5.74) is 0. The van der Waals surface area contributed by atoms with Gasteiger partial charge in [-0.05, 0) is 12.1 Å². The van der Waals surface area contributed by atoms with Crippen LogP contribution in [0.25, 0.3) is 0 Å². The van der Waals surface area contributed by atoms with E-state index in [0.29, 0.717) is 37.8 Å². The lowest BCUT2D eigenvalue weighted by Gasteiger charge is -2.36. The SMILES string of the molecule is O=S(=O)(c1ccc2c(c1)OCCCO2)N1CC(CO)C1. The monoisotopic (exact) mass is 299 g/mol. The Bertz CT molecular complexity index is 595. The number of rotatable bonds is 3. The molecule has 0 amide bonds. The van der Waals surface area contributed by atoms with Crippen molar-refractivity contribution in [2.24, 2.45) is 5.92 Å². The number of hydrogen-bond acceptors (Lipinski definition) is 5. The molecule has 1 saturated heterocycles. The summed E-state index contributed by atoms with van der Waals surface area (Å²) in [5, 5.41) is 8.97. The fraction of sp³-hybridized carbons (Fsp3) is 0.538. The molecule has 0 saturated carbocycles. The number of sulfonamides is 1. The summed E-state index contributed by atoms with van der Waals surface area (Å²) in [5.74, 6) is 1.10. The summed E-state index contributed by atoms with van der Waals surface area (Å²) >= 11 is 0. The van der Waals surface area contributed by atoms with Crippen LogP contribution in [0, 0.1) is 5.92 Å². The van der Waals surface area contributed by atoms with Crippen LogP contribution in [0.3, 0.4) is 0 Å². The fourth-order valence-electron chi connectivity index (χ4n) is 2.29. The number of hydrogen-bond donors (Lipinski definition) is 1. The molecule has 1 fully saturated rings. The number of fused-ring (bicyclic) bond motifs is 1. The van der Waals surface area contributed by atoms with E-state index in [1.54, 1.807) is 6.07 Å². The maximum absolute atomic E-state index is 12.4. The molecule has 0 atom stereocenters. The van der Waals surface area contributed by atoms with Gasteiger partial charge in [0.2, 0.25) is 10.0 Å². The number of nitrogens with zero attached hydrogens (tertiary/aromatic N) is 1. The first-order valence-corrected chi connectivity index (χ1v) is 8.06. The molecular formula is C13H17NO5S. The van der Waals surface area contributed by atoms with Gasteiger partial charge in [-0.25, -0.2) is 8.42 Å². The topological polar surface area (TPSA) is 76.1 Å². The first-order chi connectivity index (χ1) is 9.61. The fourth-order valence-corrected chi connectivity index (χ4v) is 3.90. The number of benzene rings is 1. The largest absolute Gasteiger partial charge is 0.490 e. The average Bonchev–Trinajstić information content (AvgIpc) is 2.61. The molecule has 1 aromatic carbocycles. The highest BCUT2D eigenvalue weighted by Crippen LogP contribution is 2.34. The molecule has 3 rings (SSSR count). The van der Waals surface area contributed by atoms with Crippen LogP contribution in [0.5, 0.6) is 11.5 Å². The summed E-state index contributed by atoms with van der Waals surface area (Å²) in [6.45, 7) is 1.85. The highest BCUT2D eigenvalue weighted by molar-refractivity contribution is 7.89. The van der Waals surface area contributed by atoms with E-state index in [1.807, 2.05) is 0 Å². The van der Waals surface area contributed by atoms with Crippen molar-refractivity contribution in [2.45, 2.75) is 11.3 Å². The van der Waals surface area contributed by atoms with E-state index in [1.165, 1.54) is 16.4 Å². The van der Waals surface area contributed by atoms with Crippen molar-refractivity contribution in [3.8, 4) is 11.5 Å². The quantitative estimate of drug-likeness (QED) is 0.877. The minimum absolute atomic E-state index is 0.0210. The van der Waals surface area contributed by atoms with Crippen LogP contribution in [-0.4, -0.2) is 50.7 Å². The first-order valence-electron chi connectivity index (χ1n) is 6.62. The van der Waals surface area contributed by atoms with E-state index in [-0.39, 0.29) is 17.4 Å². The van der Waals surface area contributed by atoms with E-state index in [2.05, 4.69) is 0 Å². The van der Waals surface area contributed by atoms with Gasteiger partial charge in [0, 0.05) is 38.1 Å². The molecule has 110 valence electrons. The first kappa shape index (κ1) is 13.7. The lowest BCUT2D eigenvalue weighted by atomic mass is 10.1. The van der Waals surface area contributed by atoms with E-state index in [0.717, 1.165) is 6.42 Å². The Morgan fingerprint density at radius 1 is 1.20 bits per heavy atom. The Kier molecular flexibility index (Phi) is 3.57. The average molecular weight is 299 g/mol. The normalized spacial score (nSPS) is 20.2. The maximum atomic E-state index is 12.4. The van der Waals surface area contributed by atoms with E-state index in [4.69, 9.17) is 14.6 Å². The van der Waals surface area contributed by atoms with Gasteiger partial charge in [0.25, 0.3) is 0 Å². The zero-order valence-electron chi connectivity index (χ0n) is 11.0. The molecular weight excluding hydrogens is 282 g/mol. The van der Waals surface area contributed by atoms with Crippen molar-refractivity contribution < 1.29 is 23.0 Å². The van der Waals surface area contributed by atoms with Crippen LogP contribution in [0.4, 0.5) is 0 Å². The van der Waals surface area contributed by atoms with Gasteiger partial charge in [-0.3, -0.25) is 0 Å². The van der Waals surface area contributed by atoms with Crippen LogP contribution >= 0.6 is 0 Å². The minimum atomic E-state index is -3.50. The van der Waals surface area contributed by atoms with Crippen LogP contribution in [-0.2, 0) is 10.0 Å². The predicted molar refractivity (Wildman–Crippen MR) is 71.4 cm³/mol. The van der Waals surface area contributed by atoms with Crippen LogP contribution in [0.1, 0.15) is 6.42 Å². The van der Waals surface area contributed by atoms with E-state index >= 15 is 0 Å². The standard InChI is InChI=1S/C13H17NO5S/c15-9-10-7-14(8-10)20(16,17)11-2-3-12-13(6-11)19-5-1-4-18-12/h2-3,6,10,15H,1,4-5,7-9H2. The van der Waals surface area contributed by atoms with Crippen LogP contribution in [0.2, 0.25) is 0 Å². The molecule has 2 aliphatic heterocycles. The van der Waals surface area contributed by atoms with Crippen LogP contribution < -0.4 is 9.47 Å². The molecule has 20 heavy (non-hydrogen) atoms. The third kappa shape index (κ3) is 2.36. The Labute approximate surface area is 118 Å². The van der Waals surface area contributed by atoms with Crippen LogP contribution in [0.15, 0.2) is 23.1 Å². The zero-order valence-corrected chi connectivity index (χ0v) is 11.8. The molecule has 0 bridgehead atoms. The second-order valence-corrected chi connectivity index (χ2v) is 6.97. The Morgan fingerprint density at radius 2 is 1.90 bits per heavy atom. The lowest BCUT2D eigenvalue weighted by molar-refractivity contribution is 0.117. The van der Waals surface area contributed by atoms with Crippen molar-refractivity contribution in [2.75, 3.05) is 32.9 Å². The molecule has 0 aromatic heterocycles. The molecule has 1 aromatic rings. The predicted octanol–water partition coefficient (Wildman–Crippen LogP) is 0.461. The lowest BCUT2D eigenvalue weighted by Crippen LogP contribution is -2.51. The zero-order chi connectivity index (χ0) is 14.2. The van der Waals surface area contributed by atoms with Crippen molar-refractivity contribution in [3.63, 3.8) is 0 Å². The Balaban J connectivity index is 1.85. The van der Waals surface area contributed by atoms with Gasteiger partial charge in [0.15, 0.2) is 11.5 Å². The van der Waals surface area contributed by atoms with Crippen molar-refractivity contribution in [1.82, 2.24) is 4.31 Å². The molecule has 2 heterocycles. The molecule has 0 spiro atoms. The van der Waals surface area contributed by atoms with Gasteiger partial charge < -0.3 is 14.6 Å². The molecule has 0 unspecified atom stereocenters. The second-order valence-electron chi connectivity index (χ2n) is 5.03. The molecule has 6 nitrogen and oxygen atoms in total. The van der Waals surface area contributed by atoms with Crippen molar-refractivity contribution >= 4 is 10.0 Å². The van der Waals surface area contributed by atoms with Gasteiger partial charge in [-0.2, -0.15) is 4.31 Å². The molecule has 1 N–H and O–H groups in total. The van der Waals surface area contributed by atoms with Gasteiger partial charge in [-0.15, -0.1) is 0 Å². The minimum Gasteiger partial charge on any atom is -0.490 e. The summed E-state index contributed by atoms with van der Waals surface area (Å²) in [6, 6.07) is 4.69. The van der Waals surface area contributed by atoms with Gasteiger partial charge >= 0.3 is 0 Å². The highest BCUT2D eigenvalue weighted by Gasteiger charge is 2.36. The summed E-state index contributed by atoms with van der Waals surface area (Å²) < 4.78 is 37.2. The Morgan fingerprint density at radius 3 is 2.60 bits per heavy atom. The highest BCUT2D eigenvalue weighted by atomic mass is 32.2. The Hall–Kier alpha value is -1.31. The summed E-state index contributed by atoms with van der Waals surface area (Å²) in [4.78, 5) is 0.207. The van der Waals surface area contributed by atoms with Gasteiger partial charge in [0.1, 0.15) is 0 Å². The maximum Gasteiger partial charge on any atom is 0.243 e.